The monoisotopic (exact) mass is 228 g/mol. The van der Waals surface area contributed by atoms with Crippen molar-refractivity contribution in [3.8, 4) is 5.75 Å². The van der Waals surface area contributed by atoms with Gasteiger partial charge in [0, 0.05) is 24.6 Å². The van der Waals surface area contributed by atoms with Crippen LogP contribution >= 0.6 is 0 Å². The fourth-order valence-corrected chi connectivity index (χ4v) is 1.47. The molecule has 0 fully saturated rings. The lowest BCUT2D eigenvalue weighted by Gasteiger charge is -2.08. The maximum Gasteiger partial charge on any atom is 0.119 e. The third-order valence-corrected chi connectivity index (χ3v) is 2.40. The summed E-state index contributed by atoms with van der Waals surface area (Å²) in [5, 5.41) is 3.26. The second-order valence-corrected chi connectivity index (χ2v) is 3.82. The fourth-order valence-electron chi connectivity index (χ4n) is 1.47. The van der Waals surface area contributed by atoms with Crippen LogP contribution in [0.25, 0.3) is 0 Å². The number of ether oxygens (including phenoxy) is 1. The standard InChI is InChI=1S/C14H16N2O/c1-12-2-4-14(5-3-12)17-11-10-16-13-6-8-15-9-7-13/h2-9H,10-11H2,1H3,(H,15,16). The quantitative estimate of drug-likeness (QED) is 0.799. The molecule has 0 aliphatic carbocycles. The lowest BCUT2D eigenvalue weighted by Crippen LogP contribution is -2.11. The Bertz CT molecular complexity index is 440. The van der Waals surface area contributed by atoms with E-state index in [9.17, 15) is 0 Å². The van der Waals surface area contributed by atoms with Crippen LogP contribution < -0.4 is 10.1 Å². The van der Waals surface area contributed by atoms with Crippen molar-refractivity contribution >= 4 is 5.69 Å². The molecule has 0 amide bonds. The zero-order valence-corrected chi connectivity index (χ0v) is 9.89. The van der Waals surface area contributed by atoms with Gasteiger partial charge >= 0.3 is 0 Å². The van der Waals surface area contributed by atoms with Gasteiger partial charge < -0.3 is 10.1 Å². The molecule has 88 valence electrons. The first-order chi connectivity index (χ1) is 8.34. The molecule has 1 aromatic heterocycles. The molecule has 1 heterocycles. The zero-order chi connectivity index (χ0) is 11.9. The summed E-state index contributed by atoms with van der Waals surface area (Å²) in [4.78, 5) is 3.96. The number of aryl methyl sites for hydroxylation is 1. The maximum absolute atomic E-state index is 5.60. The molecule has 1 aromatic carbocycles. The van der Waals surface area contributed by atoms with Gasteiger partial charge in [-0.15, -0.1) is 0 Å². The molecule has 0 spiro atoms. The van der Waals surface area contributed by atoms with Gasteiger partial charge in [-0.25, -0.2) is 0 Å². The predicted octanol–water partition coefficient (Wildman–Crippen LogP) is 2.88. The Morgan fingerprint density at radius 1 is 1.06 bits per heavy atom. The van der Waals surface area contributed by atoms with Crippen molar-refractivity contribution in [2.24, 2.45) is 0 Å². The molecule has 0 radical (unpaired) electrons. The van der Waals surface area contributed by atoms with Gasteiger partial charge in [0.25, 0.3) is 0 Å². The van der Waals surface area contributed by atoms with E-state index in [0.29, 0.717) is 6.61 Å². The van der Waals surface area contributed by atoms with Crippen LogP contribution in [0.4, 0.5) is 5.69 Å². The minimum Gasteiger partial charge on any atom is -0.492 e. The van der Waals surface area contributed by atoms with Gasteiger partial charge in [-0.1, -0.05) is 17.7 Å². The highest BCUT2D eigenvalue weighted by atomic mass is 16.5. The number of pyridine rings is 1. The minimum absolute atomic E-state index is 0.644. The van der Waals surface area contributed by atoms with Crippen LogP contribution in [0.15, 0.2) is 48.8 Å². The Morgan fingerprint density at radius 3 is 2.47 bits per heavy atom. The number of hydrogen-bond donors (Lipinski definition) is 1. The molecule has 0 saturated carbocycles. The van der Waals surface area contributed by atoms with Crippen LogP contribution in [0.2, 0.25) is 0 Å². The molecule has 0 unspecified atom stereocenters. The van der Waals surface area contributed by atoms with Gasteiger partial charge in [-0.2, -0.15) is 0 Å². The van der Waals surface area contributed by atoms with Crippen molar-refractivity contribution in [3.05, 3.63) is 54.4 Å². The first kappa shape index (κ1) is 11.5. The van der Waals surface area contributed by atoms with Gasteiger partial charge in [0.1, 0.15) is 12.4 Å². The minimum atomic E-state index is 0.644. The molecule has 0 saturated heterocycles. The van der Waals surface area contributed by atoms with Crippen LogP contribution in [0.5, 0.6) is 5.75 Å². The van der Waals surface area contributed by atoms with Gasteiger partial charge in [-0.3, -0.25) is 4.98 Å². The molecule has 3 nitrogen and oxygen atoms in total. The first-order valence-electron chi connectivity index (χ1n) is 5.68. The Kier molecular flexibility index (Phi) is 3.97. The van der Waals surface area contributed by atoms with E-state index in [1.807, 2.05) is 36.4 Å². The highest BCUT2D eigenvalue weighted by Crippen LogP contribution is 2.11. The zero-order valence-electron chi connectivity index (χ0n) is 9.89. The number of anilines is 1. The van der Waals surface area contributed by atoms with Crippen LogP contribution in [0.3, 0.4) is 0 Å². The summed E-state index contributed by atoms with van der Waals surface area (Å²) >= 11 is 0. The average molecular weight is 228 g/mol. The second kappa shape index (κ2) is 5.89. The van der Waals surface area contributed by atoms with E-state index < -0.39 is 0 Å². The molecule has 3 heteroatoms. The Labute approximate surface area is 101 Å². The number of nitrogens with one attached hydrogen (secondary N) is 1. The molecule has 0 bridgehead atoms. The number of hydrogen-bond acceptors (Lipinski definition) is 3. The fraction of sp³-hybridized carbons (Fsp3) is 0.214. The third kappa shape index (κ3) is 3.79. The SMILES string of the molecule is Cc1ccc(OCCNc2ccncc2)cc1. The summed E-state index contributed by atoms with van der Waals surface area (Å²) in [7, 11) is 0. The van der Waals surface area contributed by atoms with E-state index in [0.717, 1.165) is 18.0 Å². The number of benzene rings is 1. The summed E-state index contributed by atoms with van der Waals surface area (Å²) < 4.78 is 5.60. The molecule has 0 aliphatic heterocycles. The van der Waals surface area contributed by atoms with E-state index in [4.69, 9.17) is 4.74 Å². The van der Waals surface area contributed by atoms with Crippen LogP contribution in [0, 0.1) is 6.92 Å². The summed E-state index contributed by atoms with van der Waals surface area (Å²) in [6.07, 6.45) is 3.53. The maximum atomic E-state index is 5.60. The highest BCUT2D eigenvalue weighted by Gasteiger charge is 1.93. The van der Waals surface area contributed by atoms with Crippen LogP contribution in [-0.4, -0.2) is 18.1 Å². The van der Waals surface area contributed by atoms with Crippen molar-refractivity contribution in [2.75, 3.05) is 18.5 Å². The number of rotatable bonds is 5. The Balaban J connectivity index is 1.71. The Morgan fingerprint density at radius 2 is 1.76 bits per heavy atom. The predicted molar refractivity (Wildman–Crippen MR) is 69.4 cm³/mol. The van der Waals surface area contributed by atoms with Crippen molar-refractivity contribution in [1.29, 1.82) is 0 Å². The Hall–Kier alpha value is -2.03. The van der Waals surface area contributed by atoms with Crippen molar-refractivity contribution < 1.29 is 4.74 Å². The van der Waals surface area contributed by atoms with Gasteiger partial charge in [0.2, 0.25) is 0 Å². The number of aromatic nitrogens is 1. The largest absolute Gasteiger partial charge is 0.492 e. The van der Waals surface area contributed by atoms with Crippen molar-refractivity contribution in [3.63, 3.8) is 0 Å². The lowest BCUT2D eigenvalue weighted by molar-refractivity contribution is 0.333. The molecule has 17 heavy (non-hydrogen) atoms. The van der Waals surface area contributed by atoms with Gasteiger partial charge in [0.05, 0.1) is 0 Å². The third-order valence-electron chi connectivity index (χ3n) is 2.40. The van der Waals surface area contributed by atoms with E-state index in [2.05, 4.69) is 17.2 Å². The molecular formula is C14H16N2O. The molecule has 2 rings (SSSR count). The normalized spacial score (nSPS) is 9.94. The molecule has 0 aliphatic rings. The van der Waals surface area contributed by atoms with Crippen molar-refractivity contribution in [1.82, 2.24) is 4.98 Å². The van der Waals surface area contributed by atoms with E-state index in [1.165, 1.54) is 5.56 Å². The summed E-state index contributed by atoms with van der Waals surface area (Å²) in [6.45, 7) is 3.48. The second-order valence-electron chi connectivity index (χ2n) is 3.82. The molecule has 0 atom stereocenters. The van der Waals surface area contributed by atoms with Crippen molar-refractivity contribution in [2.45, 2.75) is 6.92 Å². The van der Waals surface area contributed by atoms with Gasteiger partial charge in [-0.05, 0) is 31.2 Å². The summed E-state index contributed by atoms with van der Waals surface area (Å²) in [6, 6.07) is 11.9. The number of nitrogens with zero attached hydrogens (tertiary/aromatic N) is 1. The van der Waals surface area contributed by atoms with E-state index in [1.54, 1.807) is 12.4 Å². The van der Waals surface area contributed by atoms with Crippen LogP contribution in [-0.2, 0) is 0 Å². The summed E-state index contributed by atoms with van der Waals surface area (Å²) in [5.74, 6) is 0.909. The molecule has 2 aromatic rings. The van der Waals surface area contributed by atoms with Gasteiger partial charge in [0.15, 0.2) is 0 Å². The molecular weight excluding hydrogens is 212 g/mol. The summed E-state index contributed by atoms with van der Waals surface area (Å²) in [5.41, 5.74) is 2.31. The lowest BCUT2D eigenvalue weighted by atomic mass is 10.2. The smallest absolute Gasteiger partial charge is 0.119 e. The molecule has 1 N–H and O–H groups in total. The average Bonchev–Trinajstić information content (AvgIpc) is 2.38. The highest BCUT2D eigenvalue weighted by molar-refractivity contribution is 5.40. The first-order valence-corrected chi connectivity index (χ1v) is 5.68. The van der Waals surface area contributed by atoms with E-state index in [-0.39, 0.29) is 0 Å². The topological polar surface area (TPSA) is 34.1 Å². The van der Waals surface area contributed by atoms with E-state index >= 15 is 0 Å². The van der Waals surface area contributed by atoms with Crippen LogP contribution in [0.1, 0.15) is 5.56 Å².